The molecule has 0 radical (unpaired) electrons. The zero-order chi connectivity index (χ0) is 22.6. The van der Waals surface area contributed by atoms with Crippen molar-refractivity contribution in [1.82, 2.24) is 24.7 Å². The van der Waals surface area contributed by atoms with E-state index < -0.39 is 11.7 Å². The van der Waals surface area contributed by atoms with Crippen LogP contribution in [0.5, 0.6) is 0 Å². The molecule has 0 atom stereocenters. The van der Waals surface area contributed by atoms with Crippen molar-refractivity contribution < 1.29 is 9.18 Å². The highest BCUT2D eigenvalue weighted by Gasteiger charge is 2.18. The maximum Gasteiger partial charge on any atom is 0.258 e. The SMILES string of the molecule is O=C(Nc1nc(-c2ccccn2)nn1-c1ccccc1)c1ccc(-c2ccncc2)c(F)c1. The highest BCUT2D eigenvalue weighted by atomic mass is 19.1. The van der Waals surface area contributed by atoms with Gasteiger partial charge in [-0.2, -0.15) is 9.67 Å². The predicted molar refractivity (Wildman–Crippen MR) is 122 cm³/mol. The third-order valence-electron chi connectivity index (χ3n) is 4.95. The Morgan fingerprint density at radius 1 is 0.879 bits per heavy atom. The van der Waals surface area contributed by atoms with E-state index in [9.17, 15) is 9.18 Å². The number of hydrogen-bond acceptors (Lipinski definition) is 5. The second-order valence-electron chi connectivity index (χ2n) is 7.11. The summed E-state index contributed by atoms with van der Waals surface area (Å²) in [5, 5.41) is 7.26. The van der Waals surface area contributed by atoms with E-state index in [1.807, 2.05) is 36.4 Å². The van der Waals surface area contributed by atoms with E-state index in [1.54, 1.807) is 55.0 Å². The fourth-order valence-electron chi connectivity index (χ4n) is 3.34. The lowest BCUT2D eigenvalue weighted by Crippen LogP contribution is -2.16. The number of anilines is 1. The van der Waals surface area contributed by atoms with Crippen molar-refractivity contribution in [2.45, 2.75) is 0 Å². The number of carbonyl (C=O) groups excluding carboxylic acids is 1. The number of halogens is 1. The van der Waals surface area contributed by atoms with Crippen LogP contribution in [0.2, 0.25) is 0 Å². The Morgan fingerprint density at radius 3 is 2.39 bits per heavy atom. The average molecular weight is 436 g/mol. The van der Waals surface area contributed by atoms with E-state index in [0.29, 0.717) is 28.3 Å². The van der Waals surface area contributed by atoms with Crippen molar-refractivity contribution in [2.24, 2.45) is 0 Å². The minimum atomic E-state index is -0.507. The van der Waals surface area contributed by atoms with Crippen molar-refractivity contribution in [3.8, 4) is 28.3 Å². The van der Waals surface area contributed by atoms with E-state index in [0.717, 1.165) is 0 Å². The Labute approximate surface area is 188 Å². The molecule has 5 aromatic rings. The summed E-state index contributed by atoms with van der Waals surface area (Å²) in [6.07, 6.45) is 4.82. The van der Waals surface area contributed by atoms with E-state index in [2.05, 4.69) is 25.4 Å². The van der Waals surface area contributed by atoms with E-state index in [1.165, 1.54) is 10.7 Å². The number of rotatable bonds is 5. The zero-order valence-electron chi connectivity index (χ0n) is 17.3. The molecule has 0 spiro atoms. The van der Waals surface area contributed by atoms with Gasteiger partial charge in [-0.3, -0.25) is 20.1 Å². The Hall–Kier alpha value is -4.72. The van der Waals surface area contributed by atoms with E-state index in [4.69, 9.17) is 0 Å². The normalized spacial score (nSPS) is 10.7. The van der Waals surface area contributed by atoms with Crippen molar-refractivity contribution in [3.63, 3.8) is 0 Å². The monoisotopic (exact) mass is 436 g/mol. The van der Waals surface area contributed by atoms with Crippen molar-refractivity contribution in [3.05, 3.63) is 109 Å². The molecule has 5 rings (SSSR count). The summed E-state index contributed by atoms with van der Waals surface area (Å²) in [6.45, 7) is 0. The van der Waals surface area contributed by atoms with Gasteiger partial charge < -0.3 is 0 Å². The molecular weight excluding hydrogens is 419 g/mol. The molecule has 160 valence electrons. The lowest BCUT2D eigenvalue weighted by atomic mass is 10.0. The Balaban J connectivity index is 1.48. The summed E-state index contributed by atoms with van der Waals surface area (Å²) >= 11 is 0. The second-order valence-corrected chi connectivity index (χ2v) is 7.11. The largest absolute Gasteiger partial charge is 0.290 e. The van der Waals surface area contributed by atoms with Gasteiger partial charge in [-0.1, -0.05) is 30.3 Å². The van der Waals surface area contributed by atoms with Crippen LogP contribution in [0.15, 0.2) is 97.5 Å². The van der Waals surface area contributed by atoms with Crippen LogP contribution < -0.4 is 5.32 Å². The van der Waals surface area contributed by atoms with Crippen LogP contribution in [0, 0.1) is 5.82 Å². The molecule has 0 aliphatic carbocycles. The summed E-state index contributed by atoms with van der Waals surface area (Å²) in [5.41, 5.74) is 2.50. The van der Waals surface area contributed by atoms with Gasteiger partial charge in [-0.15, -0.1) is 5.10 Å². The standard InChI is InChI=1S/C25H17FN6O/c26-21-16-18(9-10-20(21)17-11-14-27-15-12-17)24(33)30-25-29-23(22-8-4-5-13-28-22)31-32(25)19-6-2-1-3-7-19/h1-16H,(H,29,30,31,33). The van der Waals surface area contributed by atoms with Gasteiger partial charge in [0.25, 0.3) is 5.91 Å². The number of para-hydroxylation sites is 1. The molecule has 33 heavy (non-hydrogen) atoms. The molecule has 0 aliphatic heterocycles. The van der Waals surface area contributed by atoms with Crippen LogP contribution in [0.25, 0.3) is 28.3 Å². The fourth-order valence-corrected chi connectivity index (χ4v) is 3.34. The summed E-state index contributed by atoms with van der Waals surface area (Å²) in [4.78, 5) is 25.6. The number of nitrogens with one attached hydrogen (secondary N) is 1. The number of amides is 1. The predicted octanol–water partition coefficient (Wildman–Crippen LogP) is 4.78. The topological polar surface area (TPSA) is 85.6 Å². The molecule has 0 bridgehead atoms. The third-order valence-corrected chi connectivity index (χ3v) is 4.95. The molecule has 0 saturated heterocycles. The molecule has 0 fully saturated rings. The van der Waals surface area contributed by atoms with E-state index >= 15 is 0 Å². The van der Waals surface area contributed by atoms with Crippen molar-refractivity contribution in [2.75, 3.05) is 5.32 Å². The molecule has 7 nitrogen and oxygen atoms in total. The molecule has 1 N–H and O–H groups in total. The van der Waals surface area contributed by atoms with Gasteiger partial charge in [-0.25, -0.2) is 4.39 Å². The van der Waals surface area contributed by atoms with Crippen LogP contribution in [0.1, 0.15) is 10.4 Å². The number of carbonyl (C=O) groups is 1. The van der Waals surface area contributed by atoms with Crippen LogP contribution in [0.4, 0.5) is 10.3 Å². The smallest absolute Gasteiger partial charge is 0.258 e. The molecule has 3 aromatic heterocycles. The average Bonchev–Trinajstić information content (AvgIpc) is 3.29. The zero-order valence-corrected chi connectivity index (χ0v) is 17.3. The minimum absolute atomic E-state index is 0.160. The molecule has 3 heterocycles. The molecular formula is C25H17FN6O. The van der Waals surface area contributed by atoms with Gasteiger partial charge in [0.15, 0.2) is 0 Å². The van der Waals surface area contributed by atoms with Crippen LogP contribution in [0.3, 0.4) is 0 Å². The van der Waals surface area contributed by atoms with Gasteiger partial charge in [0, 0.05) is 29.7 Å². The molecule has 0 saturated carbocycles. The molecule has 1 amide bonds. The molecule has 0 unspecified atom stereocenters. The van der Waals surface area contributed by atoms with Crippen LogP contribution in [-0.2, 0) is 0 Å². The first-order valence-corrected chi connectivity index (χ1v) is 10.1. The summed E-state index contributed by atoms with van der Waals surface area (Å²) in [6, 6.07) is 22.4. The van der Waals surface area contributed by atoms with E-state index in [-0.39, 0.29) is 11.5 Å². The summed E-state index contributed by atoms with van der Waals surface area (Å²) < 4.78 is 16.3. The Morgan fingerprint density at radius 2 is 1.67 bits per heavy atom. The maximum absolute atomic E-state index is 14.8. The Bertz CT molecular complexity index is 1410. The maximum atomic E-state index is 14.8. The number of nitrogens with zero attached hydrogens (tertiary/aromatic N) is 5. The first kappa shape index (κ1) is 20.2. The Kier molecular flexibility index (Phi) is 5.38. The lowest BCUT2D eigenvalue weighted by molar-refractivity contribution is 0.102. The number of pyridine rings is 2. The molecule has 8 heteroatoms. The first-order valence-electron chi connectivity index (χ1n) is 10.1. The third kappa shape index (κ3) is 4.22. The van der Waals surface area contributed by atoms with Gasteiger partial charge >= 0.3 is 0 Å². The van der Waals surface area contributed by atoms with Crippen molar-refractivity contribution in [1.29, 1.82) is 0 Å². The van der Waals surface area contributed by atoms with Crippen LogP contribution in [-0.4, -0.2) is 30.6 Å². The first-order chi connectivity index (χ1) is 16.2. The van der Waals surface area contributed by atoms with Gasteiger partial charge in [0.05, 0.1) is 5.69 Å². The summed E-state index contributed by atoms with van der Waals surface area (Å²) in [7, 11) is 0. The molecule has 0 aliphatic rings. The fraction of sp³-hybridized carbons (Fsp3) is 0. The number of aromatic nitrogens is 5. The summed E-state index contributed by atoms with van der Waals surface area (Å²) in [5.74, 6) is -0.459. The van der Waals surface area contributed by atoms with Gasteiger partial charge in [-0.05, 0) is 54.1 Å². The quantitative estimate of drug-likeness (QED) is 0.428. The minimum Gasteiger partial charge on any atom is -0.290 e. The number of hydrogen-bond donors (Lipinski definition) is 1. The lowest BCUT2D eigenvalue weighted by Gasteiger charge is -2.09. The second kappa shape index (κ2) is 8.80. The van der Waals surface area contributed by atoms with Gasteiger partial charge in [0.1, 0.15) is 11.5 Å². The van der Waals surface area contributed by atoms with Crippen molar-refractivity contribution >= 4 is 11.9 Å². The highest BCUT2D eigenvalue weighted by Crippen LogP contribution is 2.24. The highest BCUT2D eigenvalue weighted by molar-refractivity contribution is 6.03. The molecule has 2 aromatic carbocycles. The number of benzene rings is 2. The van der Waals surface area contributed by atoms with Gasteiger partial charge in [0.2, 0.25) is 11.8 Å². The van der Waals surface area contributed by atoms with Crippen LogP contribution >= 0.6 is 0 Å².